The van der Waals surface area contributed by atoms with Crippen LogP contribution < -0.4 is 9.47 Å². The summed E-state index contributed by atoms with van der Waals surface area (Å²) in [4.78, 5) is 0. The predicted octanol–water partition coefficient (Wildman–Crippen LogP) is 1.65. The lowest BCUT2D eigenvalue weighted by atomic mass is 10.0. The molecule has 0 aromatic heterocycles. The van der Waals surface area contributed by atoms with Gasteiger partial charge in [0.25, 0.3) is 0 Å². The van der Waals surface area contributed by atoms with E-state index in [1.807, 2.05) is 19.1 Å². The summed E-state index contributed by atoms with van der Waals surface area (Å²) in [5.41, 5.74) is 2.36. The minimum absolute atomic E-state index is 0.230. The van der Waals surface area contributed by atoms with Gasteiger partial charge in [-0.25, -0.2) is 0 Å². The van der Waals surface area contributed by atoms with Crippen molar-refractivity contribution in [3.8, 4) is 11.5 Å². The third-order valence-corrected chi connectivity index (χ3v) is 2.50. The highest BCUT2D eigenvalue weighted by Crippen LogP contribution is 2.37. The van der Waals surface area contributed by atoms with Gasteiger partial charge in [-0.1, -0.05) is 6.07 Å². The van der Waals surface area contributed by atoms with Crippen LogP contribution in [0, 0.1) is 6.92 Å². The number of aliphatic hydroxyl groups is 1. The van der Waals surface area contributed by atoms with Crippen LogP contribution in [0.25, 0.3) is 0 Å². The van der Waals surface area contributed by atoms with Gasteiger partial charge in [0.15, 0.2) is 11.5 Å². The molecule has 0 spiro atoms. The maximum atomic E-state index is 8.76. The number of aliphatic hydroxyl groups excluding tert-OH is 1. The molecule has 1 N–H and O–H groups in total. The summed E-state index contributed by atoms with van der Waals surface area (Å²) in [6.07, 6.45) is 1.68. The van der Waals surface area contributed by atoms with Crippen molar-refractivity contribution >= 4 is 0 Å². The summed E-state index contributed by atoms with van der Waals surface area (Å²) >= 11 is 0. The molecule has 2 rings (SSSR count). The highest BCUT2D eigenvalue weighted by atomic mass is 16.7. The molecule has 1 aliphatic rings. The van der Waals surface area contributed by atoms with Gasteiger partial charge < -0.3 is 14.6 Å². The fourth-order valence-corrected chi connectivity index (χ4v) is 1.69. The lowest BCUT2D eigenvalue weighted by Crippen LogP contribution is -1.95. The van der Waals surface area contributed by atoms with Crippen molar-refractivity contribution in [2.75, 3.05) is 13.4 Å². The van der Waals surface area contributed by atoms with Gasteiger partial charge in [0.05, 0.1) is 0 Å². The van der Waals surface area contributed by atoms with Crippen LogP contribution in [0.5, 0.6) is 11.5 Å². The summed E-state index contributed by atoms with van der Waals surface area (Å²) < 4.78 is 10.6. The number of rotatable bonds is 3. The van der Waals surface area contributed by atoms with Crippen molar-refractivity contribution < 1.29 is 14.6 Å². The van der Waals surface area contributed by atoms with Crippen LogP contribution in [0.3, 0.4) is 0 Å². The largest absolute Gasteiger partial charge is 0.454 e. The van der Waals surface area contributed by atoms with Gasteiger partial charge >= 0.3 is 0 Å². The molecule has 1 aliphatic heterocycles. The van der Waals surface area contributed by atoms with E-state index in [0.29, 0.717) is 6.79 Å². The van der Waals surface area contributed by atoms with E-state index in [2.05, 4.69) is 0 Å². The molecule has 3 heteroatoms. The van der Waals surface area contributed by atoms with E-state index in [0.717, 1.165) is 29.9 Å². The zero-order valence-corrected chi connectivity index (χ0v) is 8.25. The van der Waals surface area contributed by atoms with Crippen molar-refractivity contribution in [2.45, 2.75) is 19.8 Å². The van der Waals surface area contributed by atoms with Crippen molar-refractivity contribution in [3.05, 3.63) is 23.3 Å². The molecule has 0 atom stereocenters. The van der Waals surface area contributed by atoms with Crippen LogP contribution in [0.1, 0.15) is 17.5 Å². The second-order valence-corrected chi connectivity index (χ2v) is 3.41. The fraction of sp³-hybridized carbons (Fsp3) is 0.455. The molecule has 0 saturated carbocycles. The summed E-state index contributed by atoms with van der Waals surface area (Å²) in [6.45, 7) is 2.58. The van der Waals surface area contributed by atoms with Gasteiger partial charge in [-0.3, -0.25) is 0 Å². The highest BCUT2D eigenvalue weighted by molar-refractivity contribution is 5.51. The summed E-state index contributed by atoms with van der Waals surface area (Å²) in [5.74, 6) is 1.69. The van der Waals surface area contributed by atoms with Crippen molar-refractivity contribution in [2.24, 2.45) is 0 Å². The van der Waals surface area contributed by atoms with Crippen molar-refractivity contribution in [1.82, 2.24) is 0 Å². The molecule has 0 amide bonds. The van der Waals surface area contributed by atoms with E-state index in [4.69, 9.17) is 14.6 Å². The predicted molar refractivity (Wildman–Crippen MR) is 52.7 cm³/mol. The number of benzene rings is 1. The SMILES string of the molecule is Cc1c(CCCO)ccc2c1OCO2. The standard InChI is InChI=1S/C11H14O3/c1-8-9(3-2-6-12)4-5-10-11(8)14-7-13-10/h4-5,12H,2-3,6-7H2,1H3. The van der Waals surface area contributed by atoms with Crippen molar-refractivity contribution in [1.29, 1.82) is 0 Å². The fourth-order valence-electron chi connectivity index (χ4n) is 1.69. The Hall–Kier alpha value is -1.22. The number of hydrogen-bond donors (Lipinski definition) is 1. The van der Waals surface area contributed by atoms with E-state index < -0.39 is 0 Å². The molecule has 1 aromatic rings. The first-order valence-corrected chi connectivity index (χ1v) is 4.82. The first-order valence-electron chi connectivity index (χ1n) is 4.82. The molecule has 3 nitrogen and oxygen atoms in total. The molecule has 1 aromatic carbocycles. The number of aryl methyl sites for hydroxylation is 1. The van der Waals surface area contributed by atoms with Gasteiger partial charge in [0.2, 0.25) is 6.79 Å². The topological polar surface area (TPSA) is 38.7 Å². The Kier molecular flexibility index (Phi) is 2.59. The average Bonchev–Trinajstić information content (AvgIpc) is 2.66. The van der Waals surface area contributed by atoms with Crippen LogP contribution in [-0.4, -0.2) is 18.5 Å². The average molecular weight is 194 g/mol. The van der Waals surface area contributed by atoms with Crippen LogP contribution in [0.15, 0.2) is 12.1 Å². The Morgan fingerprint density at radius 1 is 1.36 bits per heavy atom. The van der Waals surface area contributed by atoms with Gasteiger partial charge in [0, 0.05) is 6.61 Å². The van der Waals surface area contributed by atoms with E-state index in [9.17, 15) is 0 Å². The number of hydrogen-bond acceptors (Lipinski definition) is 3. The minimum atomic E-state index is 0.230. The van der Waals surface area contributed by atoms with E-state index in [-0.39, 0.29) is 6.61 Å². The lowest BCUT2D eigenvalue weighted by molar-refractivity contribution is 0.173. The molecule has 14 heavy (non-hydrogen) atoms. The molecule has 0 bridgehead atoms. The second-order valence-electron chi connectivity index (χ2n) is 3.41. The third kappa shape index (κ3) is 1.55. The highest BCUT2D eigenvalue weighted by Gasteiger charge is 2.17. The zero-order valence-electron chi connectivity index (χ0n) is 8.25. The lowest BCUT2D eigenvalue weighted by Gasteiger charge is -2.07. The Labute approximate surface area is 83.3 Å². The molecule has 0 unspecified atom stereocenters. The Morgan fingerprint density at radius 2 is 2.21 bits per heavy atom. The molecule has 76 valence electrons. The quantitative estimate of drug-likeness (QED) is 0.795. The molecule has 1 heterocycles. The molecular formula is C11H14O3. The molecule has 0 radical (unpaired) electrons. The van der Waals surface area contributed by atoms with Crippen molar-refractivity contribution in [3.63, 3.8) is 0 Å². The first-order chi connectivity index (χ1) is 6.83. The molecule has 0 aliphatic carbocycles. The van der Waals surface area contributed by atoms with Gasteiger partial charge in [-0.2, -0.15) is 0 Å². The third-order valence-electron chi connectivity index (χ3n) is 2.50. The van der Waals surface area contributed by atoms with Crippen LogP contribution in [0.4, 0.5) is 0 Å². The molecular weight excluding hydrogens is 180 g/mol. The van der Waals surface area contributed by atoms with E-state index >= 15 is 0 Å². The summed E-state index contributed by atoms with van der Waals surface area (Å²) in [5, 5.41) is 8.76. The van der Waals surface area contributed by atoms with Gasteiger partial charge in [0.1, 0.15) is 0 Å². The maximum Gasteiger partial charge on any atom is 0.231 e. The Morgan fingerprint density at radius 3 is 3.00 bits per heavy atom. The first kappa shape index (κ1) is 9.34. The van der Waals surface area contributed by atoms with Gasteiger partial charge in [-0.05, 0) is 37.0 Å². The van der Waals surface area contributed by atoms with Crippen LogP contribution in [0.2, 0.25) is 0 Å². The van der Waals surface area contributed by atoms with Crippen LogP contribution >= 0.6 is 0 Å². The molecule has 0 fully saturated rings. The van der Waals surface area contributed by atoms with Gasteiger partial charge in [-0.15, -0.1) is 0 Å². The van der Waals surface area contributed by atoms with E-state index in [1.54, 1.807) is 0 Å². The number of fused-ring (bicyclic) bond motifs is 1. The minimum Gasteiger partial charge on any atom is -0.454 e. The number of ether oxygens (including phenoxy) is 2. The summed E-state index contributed by atoms with van der Waals surface area (Å²) in [6, 6.07) is 3.97. The monoisotopic (exact) mass is 194 g/mol. The zero-order chi connectivity index (χ0) is 9.97. The Balaban J connectivity index is 2.26. The summed E-state index contributed by atoms with van der Waals surface area (Å²) in [7, 11) is 0. The Bertz CT molecular complexity index is 334. The normalized spacial score (nSPS) is 13.3. The molecule has 0 saturated heterocycles. The van der Waals surface area contributed by atoms with Crippen LogP contribution in [-0.2, 0) is 6.42 Å². The smallest absolute Gasteiger partial charge is 0.231 e. The van der Waals surface area contributed by atoms with E-state index in [1.165, 1.54) is 5.56 Å². The maximum absolute atomic E-state index is 8.76. The second kappa shape index (κ2) is 3.88.